The second-order valence-electron chi connectivity index (χ2n) is 10.4. The molecule has 0 spiro atoms. The van der Waals surface area contributed by atoms with Gasteiger partial charge in [0.05, 0.1) is 39.6 Å². The molecule has 0 bridgehead atoms. The van der Waals surface area contributed by atoms with Gasteiger partial charge in [0.25, 0.3) is 0 Å². The molecule has 2 aliphatic rings. The fourth-order valence-electron chi connectivity index (χ4n) is 4.79. The van der Waals surface area contributed by atoms with Crippen molar-refractivity contribution in [3.63, 3.8) is 0 Å². The van der Waals surface area contributed by atoms with Crippen LogP contribution >= 0.6 is 0 Å². The highest BCUT2D eigenvalue weighted by Crippen LogP contribution is 2.31. The summed E-state index contributed by atoms with van der Waals surface area (Å²) < 4.78 is 43.4. The van der Waals surface area contributed by atoms with E-state index in [0.717, 1.165) is 16.7 Å². The lowest BCUT2D eigenvalue weighted by atomic mass is 10.1. The number of rotatable bonds is 13. The van der Waals surface area contributed by atoms with Crippen molar-refractivity contribution in [2.24, 2.45) is 0 Å². The van der Waals surface area contributed by atoms with E-state index in [0.29, 0.717) is 39.6 Å². The molecule has 0 N–H and O–H groups in total. The molecule has 0 saturated carbocycles. The molecule has 0 radical (unpaired) electrons. The van der Waals surface area contributed by atoms with Gasteiger partial charge in [0.1, 0.15) is 24.4 Å². The minimum Gasteiger partial charge on any atom is -0.374 e. The van der Waals surface area contributed by atoms with Crippen LogP contribution in [0.1, 0.15) is 30.5 Å². The van der Waals surface area contributed by atoms with E-state index >= 15 is 0 Å². The highest BCUT2D eigenvalue weighted by Gasteiger charge is 2.48. The normalized spacial score (nSPS) is 26.2. The van der Waals surface area contributed by atoms with Crippen molar-refractivity contribution in [1.29, 1.82) is 0 Å². The molecule has 3 aromatic rings. The van der Waals surface area contributed by atoms with Crippen molar-refractivity contribution < 1.29 is 33.2 Å². The van der Waals surface area contributed by atoms with Gasteiger partial charge in [0.15, 0.2) is 12.1 Å². The van der Waals surface area contributed by atoms with Gasteiger partial charge in [-0.1, -0.05) is 91.0 Å². The van der Waals surface area contributed by atoms with E-state index in [1.807, 2.05) is 105 Å². The Kier molecular flexibility index (Phi) is 9.76. The molecule has 7 nitrogen and oxygen atoms in total. The van der Waals surface area contributed by atoms with Gasteiger partial charge in [-0.2, -0.15) is 0 Å². The number of hydrogen-bond donors (Lipinski definition) is 0. The summed E-state index contributed by atoms with van der Waals surface area (Å²) in [5, 5.41) is 0. The monoisotopic (exact) mass is 534 g/mol. The van der Waals surface area contributed by atoms with E-state index < -0.39 is 24.3 Å². The Bertz CT molecular complexity index is 1110. The maximum atomic E-state index is 6.47. The van der Waals surface area contributed by atoms with Crippen LogP contribution in [0.15, 0.2) is 91.0 Å². The van der Waals surface area contributed by atoms with Gasteiger partial charge in [-0.05, 0) is 30.5 Å². The lowest BCUT2D eigenvalue weighted by Crippen LogP contribution is -2.40. The van der Waals surface area contributed by atoms with Crippen molar-refractivity contribution in [2.75, 3.05) is 19.8 Å². The van der Waals surface area contributed by atoms with Crippen LogP contribution in [0.4, 0.5) is 0 Å². The molecule has 39 heavy (non-hydrogen) atoms. The van der Waals surface area contributed by atoms with E-state index in [-0.39, 0.29) is 12.2 Å². The molecule has 0 aromatic heterocycles. The van der Waals surface area contributed by atoms with Gasteiger partial charge in [-0.3, -0.25) is 0 Å². The summed E-state index contributed by atoms with van der Waals surface area (Å²) in [4.78, 5) is 0. The number of hydrogen-bond acceptors (Lipinski definition) is 7. The molecule has 3 aromatic carbocycles. The fourth-order valence-corrected chi connectivity index (χ4v) is 4.79. The smallest absolute Gasteiger partial charge is 0.187 e. The Labute approximate surface area is 230 Å². The van der Waals surface area contributed by atoms with Gasteiger partial charge >= 0.3 is 0 Å². The predicted octanol–water partition coefficient (Wildman–Crippen LogP) is 5.27. The molecule has 2 fully saturated rings. The minimum atomic E-state index is -0.646. The summed E-state index contributed by atoms with van der Waals surface area (Å²) in [6.45, 7) is 6.25. The average molecular weight is 535 g/mol. The molecule has 5 rings (SSSR count). The van der Waals surface area contributed by atoms with Crippen molar-refractivity contribution in [3.05, 3.63) is 108 Å². The van der Waals surface area contributed by atoms with Crippen LogP contribution < -0.4 is 0 Å². The van der Waals surface area contributed by atoms with Crippen LogP contribution in [0.25, 0.3) is 0 Å². The minimum absolute atomic E-state index is 0.185. The molecule has 2 saturated heterocycles. The van der Waals surface area contributed by atoms with Crippen molar-refractivity contribution in [2.45, 2.75) is 70.2 Å². The summed E-state index contributed by atoms with van der Waals surface area (Å²) in [6.07, 6.45) is -2.07. The largest absolute Gasteiger partial charge is 0.374 e. The van der Waals surface area contributed by atoms with Gasteiger partial charge in [-0.25, -0.2) is 0 Å². The third-order valence-corrected chi connectivity index (χ3v) is 6.75. The summed E-state index contributed by atoms with van der Waals surface area (Å²) in [7, 11) is 0. The third kappa shape index (κ3) is 8.19. The first-order chi connectivity index (χ1) is 19.1. The molecular formula is C32H38O7. The number of ether oxygens (including phenoxy) is 7. The molecule has 7 heteroatoms. The molecule has 5 atom stereocenters. The van der Waals surface area contributed by atoms with Crippen LogP contribution in [-0.4, -0.2) is 56.3 Å². The lowest BCUT2D eigenvalue weighted by Gasteiger charge is -2.25. The van der Waals surface area contributed by atoms with Gasteiger partial charge in [-0.15, -0.1) is 0 Å². The standard InChI is InChI=1S/C32H38O7/c1-32(2)37-22-27(39-32)21-36-31-30(35-20-26-16-10-5-11-17-26)29(34-19-25-14-8-4-9-15-25)28(38-31)23-33-18-24-12-6-3-7-13-24/h3-17,27-31H,18-23H2,1-2H3/t27?,28-,29+,30-,31?/m1/s1. The lowest BCUT2D eigenvalue weighted by molar-refractivity contribution is -0.203. The van der Waals surface area contributed by atoms with Gasteiger partial charge in [0.2, 0.25) is 0 Å². The van der Waals surface area contributed by atoms with Gasteiger partial charge < -0.3 is 33.2 Å². The van der Waals surface area contributed by atoms with E-state index in [1.54, 1.807) is 0 Å². The number of benzene rings is 3. The second-order valence-corrected chi connectivity index (χ2v) is 10.4. The Morgan fingerprint density at radius 1 is 0.667 bits per heavy atom. The van der Waals surface area contributed by atoms with E-state index in [4.69, 9.17) is 33.2 Å². The first-order valence-electron chi connectivity index (χ1n) is 13.6. The Morgan fingerprint density at radius 3 is 1.74 bits per heavy atom. The van der Waals surface area contributed by atoms with E-state index in [9.17, 15) is 0 Å². The van der Waals surface area contributed by atoms with E-state index in [2.05, 4.69) is 0 Å². The van der Waals surface area contributed by atoms with Crippen LogP contribution in [-0.2, 0) is 53.0 Å². The predicted molar refractivity (Wildman–Crippen MR) is 146 cm³/mol. The average Bonchev–Trinajstić information content (AvgIpc) is 3.49. The van der Waals surface area contributed by atoms with Crippen molar-refractivity contribution in [3.8, 4) is 0 Å². The summed E-state index contributed by atoms with van der Waals surface area (Å²) in [6, 6.07) is 30.3. The zero-order valence-electron chi connectivity index (χ0n) is 22.6. The summed E-state index contributed by atoms with van der Waals surface area (Å²) >= 11 is 0. The van der Waals surface area contributed by atoms with E-state index in [1.165, 1.54) is 0 Å². The zero-order valence-corrected chi connectivity index (χ0v) is 22.6. The Hall–Kier alpha value is -2.62. The maximum absolute atomic E-state index is 6.47. The van der Waals surface area contributed by atoms with Gasteiger partial charge in [0, 0.05) is 0 Å². The Morgan fingerprint density at radius 2 is 1.21 bits per heavy atom. The summed E-state index contributed by atoms with van der Waals surface area (Å²) in [5.74, 6) is -0.622. The van der Waals surface area contributed by atoms with Crippen LogP contribution in [0.5, 0.6) is 0 Å². The molecular weight excluding hydrogens is 496 g/mol. The molecule has 2 heterocycles. The third-order valence-electron chi connectivity index (χ3n) is 6.75. The van der Waals surface area contributed by atoms with Crippen molar-refractivity contribution >= 4 is 0 Å². The molecule has 0 amide bonds. The van der Waals surface area contributed by atoms with Crippen LogP contribution in [0.2, 0.25) is 0 Å². The molecule has 0 aliphatic carbocycles. The SMILES string of the molecule is CC1(C)OCC(COC2O[C@H](COCc3ccccc3)[C@H](OCc3ccccc3)[C@H]2OCc2ccccc2)O1. The molecule has 2 unspecified atom stereocenters. The molecule has 2 aliphatic heterocycles. The van der Waals surface area contributed by atoms with Crippen LogP contribution in [0.3, 0.4) is 0 Å². The first kappa shape index (κ1) is 27.9. The zero-order chi connectivity index (χ0) is 26.9. The highest BCUT2D eigenvalue weighted by atomic mass is 16.8. The first-order valence-corrected chi connectivity index (χ1v) is 13.6. The highest BCUT2D eigenvalue weighted by molar-refractivity contribution is 5.15. The van der Waals surface area contributed by atoms with Crippen molar-refractivity contribution in [1.82, 2.24) is 0 Å². The summed E-state index contributed by atoms with van der Waals surface area (Å²) in [5.41, 5.74) is 3.24. The maximum Gasteiger partial charge on any atom is 0.187 e. The van der Waals surface area contributed by atoms with Crippen LogP contribution in [0, 0.1) is 0 Å². The topological polar surface area (TPSA) is 64.6 Å². The second kappa shape index (κ2) is 13.6. The Balaban J connectivity index is 1.29. The molecule has 208 valence electrons. The quantitative estimate of drug-likeness (QED) is 0.296. The fraction of sp³-hybridized carbons (Fsp3) is 0.438.